The number of hydrogen-bond donors (Lipinski definition) is 2. The lowest BCUT2D eigenvalue weighted by Gasteiger charge is -2.31. The summed E-state index contributed by atoms with van der Waals surface area (Å²) in [6.45, 7) is 1.76. The number of carbonyl (C=O) groups is 4. The Bertz CT molecular complexity index is 876. The maximum Gasteiger partial charge on any atom is 0.325 e. The predicted octanol–water partition coefficient (Wildman–Crippen LogP) is 1.67. The van der Waals surface area contributed by atoms with Gasteiger partial charge in [0.15, 0.2) is 6.61 Å². The first kappa shape index (κ1) is 23.1. The van der Waals surface area contributed by atoms with Gasteiger partial charge in [-0.05, 0) is 44.2 Å². The smallest absolute Gasteiger partial charge is 0.325 e. The Hall–Kier alpha value is -3.10. The van der Waals surface area contributed by atoms with Crippen LogP contribution in [0.15, 0.2) is 30.3 Å². The van der Waals surface area contributed by atoms with Gasteiger partial charge in [0.25, 0.3) is 11.8 Å². The fourth-order valence-corrected chi connectivity index (χ4v) is 4.93. The molecule has 1 spiro atoms. The standard InChI is InChI=1S/C24H32N4O5/c29-20(17-33-19-7-2-1-3-8-19)27-15-9-18(10-16-27)21(30)25-13-6-14-28-22(31)24(26-23(28)32)11-4-5-12-24/h1-3,7-8,18H,4-6,9-17H2,(H,25,30)(H,26,32). The number of carbonyl (C=O) groups excluding carboxylic acids is 4. The zero-order valence-corrected chi connectivity index (χ0v) is 18.9. The third-order valence-electron chi connectivity index (χ3n) is 6.88. The lowest BCUT2D eigenvalue weighted by Crippen LogP contribution is -2.45. The van der Waals surface area contributed by atoms with Crippen molar-refractivity contribution >= 4 is 23.8 Å². The predicted molar refractivity (Wildman–Crippen MR) is 120 cm³/mol. The van der Waals surface area contributed by atoms with Crippen molar-refractivity contribution < 1.29 is 23.9 Å². The molecule has 33 heavy (non-hydrogen) atoms. The molecule has 2 aliphatic heterocycles. The number of imide groups is 1. The second kappa shape index (κ2) is 10.2. The van der Waals surface area contributed by atoms with Crippen LogP contribution in [-0.4, -0.2) is 71.9 Å². The van der Waals surface area contributed by atoms with Gasteiger partial charge < -0.3 is 20.3 Å². The Kier molecular flexibility index (Phi) is 7.15. The zero-order valence-electron chi connectivity index (χ0n) is 18.9. The second-order valence-electron chi connectivity index (χ2n) is 9.08. The van der Waals surface area contributed by atoms with Gasteiger partial charge in [-0.25, -0.2) is 4.79 Å². The molecule has 178 valence electrons. The first-order valence-electron chi connectivity index (χ1n) is 11.9. The normalized spacial score (nSPS) is 20.2. The quantitative estimate of drug-likeness (QED) is 0.457. The van der Waals surface area contributed by atoms with Gasteiger partial charge >= 0.3 is 6.03 Å². The van der Waals surface area contributed by atoms with E-state index in [1.54, 1.807) is 4.90 Å². The Balaban J connectivity index is 1.12. The number of piperidine rings is 1. The lowest BCUT2D eigenvalue weighted by molar-refractivity contribution is -0.137. The van der Waals surface area contributed by atoms with E-state index in [-0.39, 0.29) is 36.3 Å². The summed E-state index contributed by atoms with van der Waals surface area (Å²) in [6.07, 6.45) is 5.08. The fourth-order valence-electron chi connectivity index (χ4n) is 4.93. The molecule has 0 unspecified atom stereocenters. The van der Waals surface area contributed by atoms with Crippen LogP contribution in [0.1, 0.15) is 44.9 Å². The highest BCUT2D eigenvalue weighted by Gasteiger charge is 2.52. The molecule has 0 bridgehead atoms. The van der Waals surface area contributed by atoms with Crippen LogP contribution in [0.3, 0.4) is 0 Å². The number of para-hydroxylation sites is 1. The number of nitrogens with zero attached hydrogens (tertiary/aromatic N) is 2. The van der Waals surface area contributed by atoms with E-state index in [4.69, 9.17) is 4.74 Å². The number of hydrogen-bond acceptors (Lipinski definition) is 5. The minimum atomic E-state index is -0.683. The Morgan fingerprint density at radius 1 is 1.09 bits per heavy atom. The monoisotopic (exact) mass is 456 g/mol. The number of likely N-dealkylation sites (tertiary alicyclic amines) is 1. The Morgan fingerprint density at radius 2 is 1.79 bits per heavy atom. The van der Waals surface area contributed by atoms with Crippen LogP contribution in [-0.2, 0) is 14.4 Å². The van der Waals surface area contributed by atoms with Gasteiger partial charge in [-0.1, -0.05) is 31.0 Å². The highest BCUT2D eigenvalue weighted by Crippen LogP contribution is 2.35. The molecular formula is C24H32N4O5. The van der Waals surface area contributed by atoms with Crippen LogP contribution in [0.25, 0.3) is 0 Å². The zero-order chi connectivity index (χ0) is 23.3. The van der Waals surface area contributed by atoms with Crippen molar-refractivity contribution in [2.75, 3.05) is 32.8 Å². The molecule has 2 heterocycles. The molecule has 9 heteroatoms. The molecule has 1 aromatic rings. The van der Waals surface area contributed by atoms with Crippen LogP contribution < -0.4 is 15.4 Å². The number of benzene rings is 1. The van der Waals surface area contributed by atoms with E-state index in [1.165, 1.54) is 4.90 Å². The molecule has 1 saturated carbocycles. The number of nitrogens with one attached hydrogen (secondary N) is 2. The molecule has 5 amide bonds. The average Bonchev–Trinajstić information content (AvgIpc) is 3.40. The SMILES string of the molecule is O=C(NCCCN1C(=O)NC2(CCCC2)C1=O)C1CCN(C(=O)COc2ccccc2)CC1. The van der Waals surface area contributed by atoms with Gasteiger partial charge in [0, 0.05) is 32.1 Å². The molecule has 2 N–H and O–H groups in total. The molecule has 2 saturated heterocycles. The largest absolute Gasteiger partial charge is 0.484 e. The van der Waals surface area contributed by atoms with Gasteiger partial charge in [-0.3, -0.25) is 19.3 Å². The third-order valence-corrected chi connectivity index (χ3v) is 6.88. The van der Waals surface area contributed by atoms with Gasteiger partial charge in [-0.15, -0.1) is 0 Å². The average molecular weight is 457 g/mol. The maximum atomic E-state index is 12.6. The number of amides is 5. The Morgan fingerprint density at radius 3 is 2.48 bits per heavy atom. The molecule has 0 radical (unpaired) electrons. The van der Waals surface area contributed by atoms with Crippen LogP contribution in [0, 0.1) is 5.92 Å². The van der Waals surface area contributed by atoms with Gasteiger partial charge in [0.05, 0.1) is 0 Å². The van der Waals surface area contributed by atoms with Crippen LogP contribution in [0.4, 0.5) is 4.79 Å². The van der Waals surface area contributed by atoms with E-state index < -0.39 is 5.54 Å². The molecular weight excluding hydrogens is 424 g/mol. The van der Waals surface area contributed by atoms with Crippen molar-refractivity contribution in [3.8, 4) is 5.75 Å². The first-order chi connectivity index (χ1) is 16.0. The van der Waals surface area contributed by atoms with Crippen LogP contribution in [0.2, 0.25) is 0 Å². The number of rotatable bonds is 8. The van der Waals surface area contributed by atoms with Gasteiger partial charge in [0.2, 0.25) is 5.91 Å². The molecule has 1 aliphatic carbocycles. The van der Waals surface area contributed by atoms with Crippen molar-refractivity contribution in [1.82, 2.24) is 20.4 Å². The molecule has 0 aromatic heterocycles. The van der Waals surface area contributed by atoms with E-state index >= 15 is 0 Å². The highest BCUT2D eigenvalue weighted by molar-refractivity contribution is 6.07. The summed E-state index contributed by atoms with van der Waals surface area (Å²) >= 11 is 0. The summed E-state index contributed by atoms with van der Waals surface area (Å²) in [5, 5.41) is 5.79. The molecule has 9 nitrogen and oxygen atoms in total. The van der Waals surface area contributed by atoms with E-state index in [1.807, 2.05) is 30.3 Å². The van der Waals surface area contributed by atoms with Crippen molar-refractivity contribution in [2.24, 2.45) is 5.92 Å². The van der Waals surface area contributed by atoms with Crippen molar-refractivity contribution in [3.05, 3.63) is 30.3 Å². The molecule has 3 fully saturated rings. The summed E-state index contributed by atoms with van der Waals surface area (Å²) in [4.78, 5) is 52.8. The summed E-state index contributed by atoms with van der Waals surface area (Å²) < 4.78 is 5.52. The fraction of sp³-hybridized carbons (Fsp3) is 0.583. The van der Waals surface area contributed by atoms with E-state index in [2.05, 4.69) is 10.6 Å². The molecule has 0 atom stereocenters. The van der Waals surface area contributed by atoms with Crippen molar-refractivity contribution in [3.63, 3.8) is 0 Å². The van der Waals surface area contributed by atoms with Crippen molar-refractivity contribution in [2.45, 2.75) is 50.5 Å². The van der Waals surface area contributed by atoms with Crippen molar-refractivity contribution in [1.29, 1.82) is 0 Å². The lowest BCUT2D eigenvalue weighted by atomic mass is 9.96. The molecule has 3 aliphatic rings. The number of urea groups is 1. The van der Waals surface area contributed by atoms with Crippen LogP contribution in [0.5, 0.6) is 5.75 Å². The van der Waals surface area contributed by atoms with E-state index in [0.29, 0.717) is 64.0 Å². The van der Waals surface area contributed by atoms with E-state index in [0.717, 1.165) is 12.8 Å². The molecule has 1 aromatic carbocycles. The summed E-state index contributed by atoms with van der Waals surface area (Å²) in [6, 6.07) is 8.90. The molecule has 4 rings (SSSR count). The van der Waals surface area contributed by atoms with Gasteiger partial charge in [-0.2, -0.15) is 0 Å². The number of ether oxygens (including phenoxy) is 1. The van der Waals surface area contributed by atoms with Gasteiger partial charge in [0.1, 0.15) is 11.3 Å². The Labute approximate surface area is 193 Å². The second-order valence-corrected chi connectivity index (χ2v) is 9.08. The minimum absolute atomic E-state index is 0.00897. The maximum absolute atomic E-state index is 12.6. The minimum Gasteiger partial charge on any atom is -0.484 e. The first-order valence-corrected chi connectivity index (χ1v) is 11.9. The topological polar surface area (TPSA) is 108 Å². The van der Waals surface area contributed by atoms with E-state index in [9.17, 15) is 19.2 Å². The summed E-state index contributed by atoms with van der Waals surface area (Å²) in [5.74, 6) is 0.289. The third kappa shape index (κ3) is 5.29. The van der Waals surface area contributed by atoms with Crippen LogP contribution >= 0.6 is 0 Å². The summed E-state index contributed by atoms with van der Waals surface area (Å²) in [5.41, 5.74) is -0.683. The highest BCUT2D eigenvalue weighted by atomic mass is 16.5. The summed E-state index contributed by atoms with van der Waals surface area (Å²) in [7, 11) is 0.